The van der Waals surface area contributed by atoms with Crippen LogP contribution in [-0.4, -0.2) is 96.7 Å². The number of unbranched alkanes of at least 4 members (excludes halogenated alkanes) is 48. The van der Waals surface area contributed by atoms with Crippen molar-refractivity contribution in [1.82, 2.24) is 0 Å². The van der Waals surface area contributed by atoms with Crippen molar-refractivity contribution in [3.63, 3.8) is 0 Å². The molecule has 0 saturated carbocycles. The Labute approximate surface area is 607 Å². The van der Waals surface area contributed by atoms with Gasteiger partial charge in [0, 0.05) is 25.7 Å². The summed E-state index contributed by atoms with van der Waals surface area (Å²) in [4.78, 5) is 72.9. The van der Waals surface area contributed by atoms with Crippen LogP contribution in [0.1, 0.15) is 420 Å². The fraction of sp³-hybridized carbons (Fsp3) is 0.950. The summed E-state index contributed by atoms with van der Waals surface area (Å²) < 4.78 is 68.6. The predicted octanol–water partition coefficient (Wildman–Crippen LogP) is 23.9. The summed E-state index contributed by atoms with van der Waals surface area (Å²) in [7, 11) is -9.92. The SMILES string of the molecule is CCCCCCCCCCCCCCCCCCCCCCCCC(=O)O[C@H](COC(=O)CCCCCCCCCCCCCCCC)COP(=O)(O)OC[C@@H](O)COP(=O)(O)OC[C@@H](COC(=O)CCCCCCCCCCC(C)C)OC(=O)CCCCCCCCCCC(C)CC. The third-order valence-electron chi connectivity index (χ3n) is 19.1. The predicted molar refractivity (Wildman–Crippen MR) is 405 cm³/mol. The van der Waals surface area contributed by atoms with Crippen molar-refractivity contribution in [3.8, 4) is 0 Å². The lowest BCUT2D eigenvalue weighted by atomic mass is 9.99. The van der Waals surface area contributed by atoms with Crippen molar-refractivity contribution in [2.45, 2.75) is 439 Å². The molecule has 0 radical (unpaired) electrons. The molecule has 3 N–H and O–H groups in total. The molecule has 0 saturated heterocycles. The molecule has 0 aliphatic heterocycles. The summed E-state index contributed by atoms with van der Waals surface area (Å²) in [5.41, 5.74) is 0. The average molecular weight is 1450 g/mol. The van der Waals surface area contributed by atoms with Crippen LogP contribution in [-0.2, 0) is 65.4 Å². The lowest BCUT2D eigenvalue weighted by molar-refractivity contribution is -0.161. The first kappa shape index (κ1) is 97.1. The van der Waals surface area contributed by atoms with E-state index < -0.39 is 97.5 Å². The first-order chi connectivity index (χ1) is 47.9. The van der Waals surface area contributed by atoms with Crippen LogP contribution < -0.4 is 0 Å². The summed E-state index contributed by atoms with van der Waals surface area (Å²) in [5, 5.41) is 10.6. The number of aliphatic hydroxyl groups excluding tert-OH is 1. The second-order valence-corrected chi connectivity index (χ2v) is 32.4. The third kappa shape index (κ3) is 72.8. The number of hydrogen-bond donors (Lipinski definition) is 3. The monoisotopic (exact) mass is 1450 g/mol. The molecule has 19 heteroatoms. The second-order valence-electron chi connectivity index (χ2n) is 29.5. The molecule has 17 nitrogen and oxygen atoms in total. The molecule has 0 aromatic heterocycles. The van der Waals surface area contributed by atoms with Gasteiger partial charge in [-0.05, 0) is 37.5 Å². The molecule has 3 unspecified atom stereocenters. The van der Waals surface area contributed by atoms with Gasteiger partial charge in [0.15, 0.2) is 12.2 Å². The van der Waals surface area contributed by atoms with Crippen molar-refractivity contribution in [2.24, 2.45) is 11.8 Å². The summed E-state index contributed by atoms with van der Waals surface area (Å²) in [6, 6.07) is 0. The van der Waals surface area contributed by atoms with E-state index in [1.54, 1.807) is 0 Å². The highest BCUT2D eigenvalue weighted by atomic mass is 31.2. The van der Waals surface area contributed by atoms with Gasteiger partial charge in [-0.3, -0.25) is 37.3 Å². The van der Waals surface area contributed by atoms with Gasteiger partial charge in [0.2, 0.25) is 0 Å². The van der Waals surface area contributed by atoms with Gasteiger partial charge in [-0.15, -0.1) is 0 Å². The van der Waals surface area contributed by atoms with Crippen LogP contribution in [0.4, 0.5) is 0 Å². The Hall–Kier alpha value is -1.94. The van der Waals surface area contributed by atoms with Crippen LogP contribution in [0.3, 0.4) is 0 Å². The average Bonchev–Trinajstić information content (AvgIpc) is 0.953. The summed E-state index contributed by atoms with van der Waals surface area (Å²) in [6.45, 7) is 9.58. The Balaban J connectivity index is 5.21. The maximum absolute atomic E-state index is 13.1. The number of aliphatic hydroxyl groups is 1. The van der Waals surface area contributed by atoms with Gasteiger partial charge in [0.05, 0.1) is 26.4 Å². The van der Waals surface area contributed by atoms with E-state index in [1.807, 2.05) is 0 Å². The van der Waals surface area contributed by atoms with E-state index in [0.717, 1.165) is 102 Å². The minimum atomic E-state index is -4.96. The van der Waals surface area contributed by atoms with Crippen molar-refractivity contribution in [3.05, 3.63) is 0 Å². The third-order valence-corrected chi connectivity index (χ3v) is 21.0. The Morgan fingerprint density at radius 1 is 0.293 bits per heavy atom. The molecule has 0 aliphatic carbocycles. The van der Waals surface area contributed by atoms with E-state index in [0.29, 0.717) is 25.7 Å². The topological polar surface area (TPSA) is 237 Å². The molecule has 0 spiro atoms. The first-order valence-electron chi connectivity index (χ1n) is 41.5. The smallest absolute Gasteiger partial charge is 0.462 e. The van der Waals surface area contributed by atoms with E-state index in [-0.39, 0.29) is 25.7 Å². The van der Waals surface area contributed by atoms with Crippen LogP contribution >= 0.6 is 15.6 Å². The van der Waals surface area contributed by atoms with Gasteiger partial charge < -0.3 is 33.8 Å². The van der Waals surface area contributed by atoms with E-state index >= 15 is 0 Å². The molecule has 0 amide bonds. The second kappa shape index (κ2) is 71.7. The van der Waals surface area contributed by atoms with Crippen LogP contribution in [0.15, 0.2) is 0 Å². The molecule has 0 aromatic carbocycles. The minimum absolute atomic E-state index is 0.105. The molecule has 0 fully saturated rings. The molecule has 0 heterocycles. The molecule has 0 rings (SSSR count). The number of ether oxygens (including phenoxy) is 4. The molecule has 99 heavy (non-hydrogen) atoms. The Morgan fingerprint density at radius 3 is 0.768 bits per heavy atom. The Kier molecular flexibility index (Phi) is 70.3. The molecule has 0 bridgehead atoms. The number of carbonyl (C=O) groups excluding carboxylic acids is 4. The van der Waals surface area contributed by atoms with Gasteiger partial charge in [-0.25, -0.2) is 9.13 Å². The number of carbonyl (C=O) groups is 4. The quantitative estimate of drug-likeness (QED) is 0.0222. The van der Waals surface area contributed by atoms with E-state index in [1.165, 1.54) is 238 Å². The van der Waals surface area contributed by atoms with Crippen LogP contribution in [0.5, 0.6) is 0 Å². The van der Waals surface area contributed by atoms with Crippen molar-refractivity contribution < 1.29 is 80.2 Å². The zero-order valence-corrected chi connectivity index (χ0v) is 66.6. The van der Waals surface area contributed by atoms with Gasteiger partial charge in [-0.2, -0.15) is 0 Å². The van der Waals surface area contributed by atoms with E-state index in [4.69, 9.17) is 37.0 Å². The first-order valence-corrected chi connectivity index (χ1v) is 44.5. The maximum Gasteiger partial charge on any atom is 0.472 e. The molecular formula is C80H156O17P2. The van der Waals surface area contributed by atoms with Gasteiger partial charge >= 0.3 is 39.5 Å². The number of esters is 4. The van der Waals surface area contributed by atoms with Crippen molar-refractivity contribution in [1.29, 1.82) is 0 Å². The van der Waals surface area contributed by atoms with E-state index in [2.05, 4.69) is 41.5 Å². The molecule has 588 valence electrons. The van der Waals surface area contributed by atoms with Crippen molar-refractivity contribution in [2.75, 3.05) is 39.6 Å². The van der Waals surface area contributed by atoms with Crippen LogP contribution in [0.25, 0.3) is 0 Å². The van der Waals surface area contributed by atoms with Crippen LogP contribution in [0.2, 0.25) is 0 Å². The van der Waals surface area contributed by atoms with Gasteiger partial charge in [0.1, 0.15) is 19.3 Å². The summed E-state index contributed by atoms with van der Waals surface area (Å²) >= 11 is 0. The number of phosphoric acid groups is 2. The normalized spacial score (nSPS) is 14.2. The standard InChI is InChI=1S/C80H156O17P2/c1-7-10-12-14-16-18-20-22-24-25-26-27-28-29-30-31-33-35-37-46-52-58-64-79(84)96-75(68-90-77(82)62-56-50-44-36-34-32-23-21-19-17-15-13-11-8-2)70-94-98(86,87)92-66-74(81)67-93-99(88,89)95-71-76(69-91-78(83)63-57-51-45-40-38-42-48-54-60-72(4)5)97-80(85)65-59-53-47-41-39-43-49-55-61-73(6)9-3/h72-76,81H,7-71H2,1-6H3,(H,86,87)(H,88,89)/t73?,74-,75-,76-/m1/s1. The van der Waals surface area contributed by atoms with E-state index in [9.17, 15) is 43.2 Å². The van der Waals surface area contributed by atoms with Gasteiger partial charge in [-0.1, -0.05) is 369 Å². The van der Waals surface area contributed by atoms with Crippen molar-refractivity contribution >= 4 is 39.5 Å². The summed E-state index contributed by atoms with van der Waals surface area (Å²) in [5.74, 6) is -0.617. The van der Waals surface area contributed by atoms with Gasteiger partial charge in [0.25, 0.3) is 0 Å². The highest BCUT2D eigenvalue weighted by Crippen LogP contribution is 2.45. The lowest BCUT2D eigenvalue weighted by Gasteiger charge is -2.21. The highest BCUT2D eigenvalue weighted by Gasteiger charge is 2.30. The fourth-order valence-electron chi connectivity index (χ4n) is 12.3. The maximum atomic E-state index is 13.1. The van der Waals surface area contributed by atoms with Crippen LogP contribution in [0, 0.1) is 11.8 Å². The Bertz CT molecular complexity index is 1910. The lowest BCUT2D eigenvalue weighted by Crippen LogP contribution is -2.30. The zero-order valence-electron chi connectivity index (χ0n) is 64.8. The zero-order chi connectivity index (χ0) is 72.8. The number of rotatable bonds is 79. The molecule has 0 aliphatic rings. The molecule has 0 aromatic rings. The largest absolute Gasteiger partial charge is 0.472 e. The number of phosphoric ester groups is 2. The highest BCUT2D eigenvalue weighted by molar-refractivity contribution is 7.47. The molecular weight excluding hydrogens is 1290 g/mol. The number of hydrogen-bond acceptors (Lipinski definition) is 15. The fourth-order valence-corrected chi connectivity index (χ4v) is 13.9. The Morgan fingerprint density at radius 2 is 0.515 bits per heavy atom. The molecule has 6 atom stereocenters. The minimum Gasteiger partial charge on any atom is -0.462 e. The summed E-state index contributed by atoms with van der Waals surface area (Å²) in [6.07, 6.45) is 61.2.